The first-order chi connectivity index (χ1) is 19.1. The lowest BCUT2D eigenvalue weighted by atomic mass is 10.1. The van der Waals surface area contributed by atoms with Gasteiger partial charge in [0.15, 0.2) is 5.78 Å². The van der Waals surface area contributed by atoms with Crippen LogP contribution in [0, 0.1) is 0 Å². The van der Waals surface area contributed by atoms with Crippen LogP contribution in [0.15, 0.2) is 105 Å². The summed E-state index contributed by atoms with van der Waals surface area (Å²) in [5, 5.41) is 6.97. The Balaban J connectivity index is 1.26. The number of rotatable bonds is 9. The molecule has 0 bridgehead atoms. The Morgan fingerprint density at radius 1 is 0.692 bits per heavy atom. The second-order valence-electron chi connectivity index (χ2n) is 10.3. The van der Waals surface area contributed by atoms with Crippen LogP contribution in [0.25, 0.3) is 21.5 Å². The molecule has 0 aromatic heterocycles. The fraction of sp³-hybridized carbons (Fsp3) is 0.265. The number of fused-ring (bicyclic) bond motifs is 6. The van der Waals surface area contributed by atoms with Gasteiger partial charge >= 0.3 is 0 Å². The summed E-state index contributed by atoms with van der Waals surface area (Å²) >= 11 is 3.43. The van der Waals surface area contributed by atoms with Crippen LogP contribution in [-0.4, -0.2) is 19.4 Å². The third-order valence-corrected chi connectivity index (χ3v) is 10.1. The zero-order valence-corrected chi connectivity index (χ0v) is 24.3. The molecule has 198 valence electrons. The van der Waals surface area contributed by atoms with E-state index in [1.807, 2.05) is 6.08 Å². The summed E-state index contributed by atoms with van der Waals surface area (Å²) in [6.07, 6.45) is 11.2. The first-order valence-corrected chi connectivity index (χ1v) is 15.6. The van der Waals surface area contributed by atoms with E-state index in [4.69, 9.17) is 0 Å². The standard InChI is InChI=1S/C34H34N2OS2/c1-3-4-5-6-7-12-21-36-30-20-18-25-14-9-11-16-28(25)34(30)39-32(36)23-26(37)22-31-35(2)29-19-17-24-13-8-10-15-27(24)33(29)38-31/h8-11,13-20,22-23H,3-7,12,21H2,1-2H3/b31-22-,32-23-. The molecule has 2 aliphatic rings. The van der Waals surface area contributed by atoms with Crippen molar-refractivity contribution in [3.8, 4) is 0 Å². The first-order valence-electron chi connectivity index (χ1n) is 14.0. The highest BCUT2D eigenvalue weighted by Gasteiger charge is 2.28. The Bertz CT molecular complexity index is 1610. The molecule has 0 radical (unpaired) electrons. The number of thioether (sulfide) groups is 2. The van der Waals surface area contributed by atoms with E-state index in [0.717, 1.165) is 28.7 Å². The summed E-state index contributed by atoms with van der Waals surface area (Å²) in [6.45, 7) is 3.20. The van der Waals surface area contributed by atoms with E-state index >= 15 is 0 Å². The highest BCUT2D eigenvalue weighted by atomic mass is 32.2. The zero-order valence-electron chi connectivity index (χ0n) is 22.7. The number of nitrogens with zero attached hydrogens (tertiary/aromatic N) is 2. The van der Waals surface area contributed by atoms with Gasteiger partial charge in [-0.15, -0.1) is 0 Å². The van der Waals surface area contributed by atoms with E-state index in [2.05, 4.69) is 96.6 Å². The molecule has 5 heteroatoms. The van der Waals surface area contributed by atoms with Crippen LogP contribution in [0.1, 0.15) is 45.4 Å². The number of hydrogen-bond donors (Lipinski definition) is 0. The van der Waals surface area contributed by atoms with E-state index in [0.29, 0.717) is 0 Å². The minimum Gasteiger partial charge on any atom is -0.338 e. The lowest BCUT2D eigenvalue weighted by Gasteiger charge is -2.20. The first kappa shape index (κ1) is 26.1. The molecule has 3 nitrogen and oxygen atoms in total. The van der Waals surface area contributed by atoms with Crippen LogP contribution < -0.4 is 9.80 Å². The number of carbonyl (C=O) groups is 1. The van der Waals surface area contributed by atoms with Gasteiger partial charge in [-0.05, 0) is 40.1 Å². The SMILES string of the molecule is CCCCCCCCN1/C(=C/C(=O)/C=C2\Sc3c(ccc4ccccc34)N2C)Sc2c1ccc1ccccc21. The minimum absolute atomic E-state index is 0.0361. The molecule has 6 rings (SSSR count). The smallest absolute Gasteiger partial charge is 0.183 e. The summed E-state index contributed by atoms with van der Waals surface area (Å²) in [5.41, 5.74) is 2.38. The van der Waals surface area contributed by atoms with Crippen molar-refractivity contribution in [2.45, 2.75) is 55.2 Å². The molecule has 0 fully saturated rings. The number of benzene rings is 4. The molecule has 0 N–H and O–H groups in total. The molecule has 0 saturated carbocycles. The van der Waals surface area contributed by atoms with Crippen molar-refractivity contribution in [3.05, 3.63) is 95.0 Å². The predicted octanol–water partition coefficient (Wildman–Crippen LogP) is 9.76. The second kappa shape index (κ2) is 11.5. The average Bonchev–Trinajstić information content (AvgIpc) is 3.47. The Kier molecular flexibility index (Phi) is 7.71. The molecule has 0 unspecified atom stereocenters. The van der Waals surface area contributed by atoms with Gasteiger partial charge in [0, 0.05) is 35.5 Å². The molecule has 2 heterocycles. The number of allylic oxidation sites excluding steroid dienone is 2. The summed E-state index contributed by atoms with van der Waals surface area (Å²) in [7, 11) is 2.05. The van der Waals surface area contributed by atoms with Gasteiger partial charge in [-0.3, -0.25) is 4.79 Å². The number of anilines is 2. The van der Waals surface area contributed by atoms with Crippen molar-refractivity contribution in [1.82, 2.24) is 0 Å². The van der Waals surface area contributed by atoms with Gasteiger partial charge in [0.2, 0.25) is 0 Å². The lowest BCUT2D eigenvalue weighted by molar-refractivity contribution is -0.110. The van der Waals surface area contributed by atoms with Gasteiger partial charge in [-0.1, -0.05) is 123 Å². The normalized spacial score (nSPS) is 16.6. The highest BCUT2D eigenvalue weighted by Crippen LogP contribution is 2.50. The summed E-state index contributed by atoms with van der Waals surface area (Å²) in [6, 6.07) is 25.8. The Morgan fingerprint density at radius 3 is 1.97 bits per heavy atom. The number of carbonyl (C=O) groups excluding carboxylic acids is 1. The van der Waals surface area contributed by atoms with Crippen molar-refractivity contribution in [1.29, 1.82) is 0 Å². The summed E-state index contributed by atoms with van der Waals surface area (Å²) in [4.78, 5) is 20.5. The number of hydrogen-bond acceptors (Lipinski definition) is 5. The van der Waals surface area contributed by atoms with Crippen LogP contribution in [0.2, 0.25) is 0 Å². The largest absolute Gasteiger partial charge is 0.338 e. The summed E-state index contributed by atoms with van der Waals surface area (Å²) in [5.74, 6) is 0.0361. The third kappa shape index (κ3) is 5.22. The van der Waals surface area contributed by atoms with Crippen molar-refractivity contribution < 1.29 is 4.79 Å². The fourth-order valence-electron chi connectivity index (χ4n) is 5.52. The highest BCUT2D eigenvalue weighted by molar-refractivity contribution is 8.04. The topological polar surface area (TPSA) is 23.6 Å². The lowest BCUT2D eigenvalue weighted by Crippen LogP contribution is -2.20. The van der Waals surface area contributed by atoms with E-state index < -0.39 is 0 Å². The van der Waals surface area contributed by atoms with E-state index in [1.54, 1.807) is 29.6 Å². The molecule has 0 aliphatic carbocycles. The zero-order chi connectivity index (χ0) is 26.8. The molecular formula is C34H34N2OS2. The number of unbranched alkanes of at least 4 members (excludes halogenated alkanes) is 5. The monoisotopic (exact) mass is 550 g/mol. The van der Waals surface area contributed by atoms with Crippen molar-refractivity contribution >= 4 is 62.2 Å². The van der Waals surface area contributed by atoms with Crippen LogP contribution >= 0.6 is 23.5 Å². The van der Waals surface area contributed by atoms with Gasteiger partial charge in [-0.2, -0.15) is 0 Å². The van der Waals surface area contributed by atoms with Crippen molar-refractivity contribution in [2.75, 3.05) is 23.4 Å². The van der Waals surface area contributed by atoms with Crippen molar-refractivity contribution in [2.24, 2.45) is 0 Å². The molecule has 0 spiro atoms. The quantitative estimate of drug-likeness (QED) is 0.152. The molecule has 39 heavy (non-hydrogen) atoms. The summed E-state index contributed by atoms with van der Waals surface area (Å²) < 4.78 is 0. The molecule has 4 aromatic rings. The molecule has 4 aromatic carbocycles. The third-order valence-electron chi connectivity index (χ3n) is 7.65. The molecule has 0 amide bonds. The molecular weight excluding hydrogens is 517 g/mol. The minimum atomic E-state index is 0.0361. The fourth-order valence-corrected chi connectivity index (χ4v) is 8.01. The van der Waals surface area contributed by atoms with Gasteiger partial charge < -0.3 is 9.80 Å². The molecule has 0 saturated heterocycles. The maximum Gasteiger partial charge on any atom is 0.183 e. The predicted molar refractivity (Wildman–Crippen MR) is 170 cm³/mol. The molecule has 0 atom stereocenters. The Labute approximate surface area is 239 Å². The average molecular weight is 551 g/mol. The van der Waals surface area contributed by atoms with Crippen LogP contribution in [0.3, 0.4) is 0 Å². The maximum absolute atomic E-state index is 13.5. The van der Waals surface area contributed by atoms with Crippen molar-refractivity contribution in [3.63, 3.8) is 0 Å². The Hall–Kier alpha value is -3.15. The number of ketones is 1. The van der Waals surface area contributed by atoms with E-state index in [1.165, 1.54) is 69.1 Å². The van der Waals surface area contributed by atoms with E-state index in [-0.39, 0.29) is 5.78 Å². The van der Waals surface area contributed by atoms with E-state index in [9.17, 15) is 4.79 Å². The van der Waals surface area contributed by atoms with Gasteiger partial charge in [-0.25, -0.2) is 0 Å². The van der Waals surface area contributed by atoms with Crippen LogP contribution in [0.4, 0.5) is 11.4 Å². The van der Waals surface area contributed by atoms with Gasteiger partial charge in [0.1, 0.15) is 0 Å². The van der Waals surface area contributed by atoms with Crippen LogP contribution in [-0.2, 0) is 4.79 Å². The maximum atomic E-state index is 13.5. The van der Waals surface area contributed by atoms with Gasteiger partial charge in [0.25, 0.3) is 0 Å². The Morgan fingerprint density at radius 2 is 1.26 bits per heavy atom. The van der Waals surface area contributed by atoms with Gasteiger partial charge in [0.05, 0.1) is 21.4 Å². The molecule has 2 aliphatic heterocycles. The second-order valence-corrected chi connectivity index (χ2v) is 12.4. The van der Waals surface area contributed by atoms with Crippen LogP contribution in [0.5, 0.6) is 0 Å².